The number of aliphatic hydroxyl groups is 1. The fraction of sp³-hybridized carbons (Fsp3) is 0.727. The van der Waals surface area contributed by atoms with Crippen LogP contribution in [-0.2, 0) is 6.42 Å². The molecule has 0 radical (unpaired) electrons. The minimum Gasteiger partial charge on any atom is -0.388 e. The zero-order valence-electron chi connectivity index (χ0n) is 10.2. The van der Waals surface area contributed by atoms with Crippen LogP contribution in [0.2, 0.25) is 0 Å². The number of H-pyrrole nitrogens is 1. The van der Waals surface area contributed by atoms with Crippen LogP contribution in [0.15, 0.2) is 0 Å². The molecule has 6 nitrogen and oxygen atoms in total. The molecule has 0 spiro atoms. The number of aryl methyl sites for hydroxylation is 1. The molecule has 2 rings (SSSR count). The van der Waals surface area contributed by atoms with Gasteiger partial charge in [0.05, 0.1) is 5.60 Å². The fourth-order valence-electron chi connectivity index (χ4n) is 2.08. The van der Waals surface area contributed by atoms with E-state index in [9.17, 15) is 9.90 Å². The number of likely N-dealkylation sites (tertiary alicyclic amines) is 1. The molecular formula is C11H18N4O2. The molecule has 1 aliphatic rings. The number of aromatic amines is 1. The van der Waals surface area contributed by atoms with Crippen molar-refractivity contribution in [2.24, 2.45) is 0 Å². The molecule has 2 heterocycles. The molecule has 1 fully saturated rings. The highest BCUT2D eigenvalue weighted by atomic mass is 16.3. The minimum atomic E-state index is -0.794. The first-order valence-electron chi connectivity index (χ1n) is 5.95. The number of carbonyl (C=O) groups excluding carboxylic acids is 1. The Hall–Kier alpha value is -1.43. The molecule has 1 atom stereocenters. The summed E-state index contributed by atoms with van der Waals surface area (Å²) in [4.78, 5) is 17.8. The first-order chi connectivity index (χ1) is 8.02. The van der Waals surface area contributed by atoms with E-state index in [1.165, 1.54) is 0 Å². The molecule has 0 bridgehead atoms. The molecule has 6 heteroatoms. The highest BCUT2D eigenvalue weighted by Gasteiger charge is 2.32. The monoisotopic (exact) mass is 238 g/mol. The number of nitrogens with one attached hydrogen (secondary N) is 1. The molecular weight excluding hydrogens is 220 g/mol. The third-order valence-electron chi connectivity index (χ3n) is 3.02. The number of amides is 1. The van der Waals surface area contributed by atoms with E-state index < -0.39 is 5.60 Å². The molecule has 2 N–H and O–H groups in total. The Morgan fingerprint density at radius 3 is 3.00 bits per heavy atom. The van der Waals surface area contributed by atoms with E-state index in [1.54, 1.807) is 11.8 Å². The van der Waals surface area contributed by atoms with Crippen LogP contribution in [-0.4, -0.2) is 49.8 Å². The van der Waals surface area contributed by atoms with E-state index in [1.807, 2.05) is 6.92 Å². The van der Waals surface area contributed by atoms with E-state index >= 15 is 0 Å². The zero-order valence-corrected chi connectivity index (χ0v) is 10.2. The van der Waals surface area contributed by atoms with E-state index in [0.29, 0.717) is 18.9 Å². The van der Waals surface area contributed by atoms with Crippen molar-refractivity contribution in [2.45, 2.75) is 38.7 Å². The summed E-state index contributed by atoms with van der Waals surface area (Å²) >= 11 is 0. The zero-order chi connectivity index (χ0) is 12.5. The summed E-state index contributed by atoms with van der Waals surface area (Å²) in [5, 5.41) is 16.6. The standard InChI is InChI=1S/C11H18N4O2/c1-3-8-12-9(14-13-8)10(16)15-6-4-5-11(2,17)7-15/h17H,3-7H2,1-2H3,(H,12,13,14). The van der Waals surface area contributed by atoms with E-state index in [-0.39, 0.29) is 11.7 Å². The van der Waals surface area contributed by atoms with Gasteiger partial charge >= 0.3 is 0 Å². The van der Waals surface area contributed by atoms with Gasteiger partial charge in [0.1, 0.15) is 5.82 Å². The van der Waals surface area contributed by atoms with E-state index in [4.69, 9.17) is 0 Å². The third-order valence-corrected chi connectivity index (χ3v) is 3.02. The van der Waals surface area contributed by atoms with Crippen LogP contribution in [0, 0.1) is 0 Å². The highest BCUT2D eigenvalue weighted by Crippen LogP contribution is 2.21. The second-order valence-electron chi connectivity index (χ2n) is 4.79. The predicted molar refractivity (Wildman–Crippen MR) is 61.5 cm³/mol. The third kappa shape index (κ3) is 2.63. The van der Waals surface area contributed by atoms with Gasteiger partial charge < -0.3 is 10.0 Å². The number of aromatic nitrogens is 3. The lowest BCUT2D eigenvalue weighted by Crippen LogP contribution is -2.48. The predicted octanol–water partition coefficient (Wildman–Crippen LogP) is 0.354. The largest absolute Gasteiger partial charge is 0.388 e. The lowest BCUT2D eigenvalue weighted by Gasteiger charge is -2.36. The summed E-state index contributed by atoms with van der Waals surface area (Å²) in [6.45, 7) is 4.70. The van der Waals surface area contributed by atoms with Crippen LogP contribution < -0.4 is 0 Å². The van der Waals surface area contributed by atoms with Crippen molar-refractivity contribution in [3.63, 3.8) is 0 Å². The Kier molecular flexibility index (Phi) is 3.15. The highest BCUT2D eigenvalue weighted by molar-refractivity contribution is 5.90. The SMILES string of the molecule is CCc1nc(C(=O)N2CCCC(C)(O)C2)n[nH]1. The molecule has 0 saturated carbocycles. The Labute approximate surface area is 100 Å². The summed E-state index contributed by atoms with van der Waals surface area (Å²) in [6.07, 6.45) is 2.26. The number of rotatable bonds is 2. The molecule has 1 aromatic heterocycles. The lowest BCUT2D eigenvalue weighted by molar-refractivity contribution is -0.0111. The number of hydrogen-bond donors (Lipinski definition) is 2. The summed E-state index contributed by atoms with van der Waals surface area (Å²) in [6, 6.07) is 0. The molecule has 1 aliphatic heterocycles. The van der Waals surface area contributed by atoms with E-state index in [0.717, 1.165) is 19.3 Å². The molecule has 1 saturated heterocycles. The van der Waals surface area contributed by atoms with Crippen molar-refractivity contribution in [3.8, 4) is 0 Å². The Morgan fingerprint density at radius 1 is 1.65 bits per heavy atom. The van der Waals surface area contributed by atoms with Crippen molar-refractivity contribution in [2.75, 3.05) is 13.1 Å². The number of hydrogen-bond acceptors (Lipinski definition) is 4. The van der Waals surface area contributed by atoms with Gasteiger partial charge in [0, 0.05) is 19.5 Å². The molecule has 0 aliphatic carbocycles. The van der Waals surface area contributed by atoms with Crippen molar-refractivity contribution >= 4 is 5.91 Å². The maximum absolute atomic E-state index is 12.1. The second kappa shape index (κ2) is 4.44. The maximum atomic E-state index is 12.1. The van der Waals surface area contributed by atoms with Gasteiger partial charge in [-0.3, -0.25) is 9.89 Å². The smallest absolute Gasteiger partial charge is 0.293 e. The van der Waals surface area contributed by atoms with Crippen LogP contribution >= 0.6 is 0 Å². The molecule has 94 valence electrons. The van der Waals surface area contributed by atoms with Gasteiger partial charge in [-0.05, 0) is 19.8 Å². The first kappa shape index (κ1) is 12.0. The lowest BCUT2D eigenvalue weighted by atomic mass is 9.95. The Morgan fingerprint density at radius 2 is 2.41 bits per heavy atom. The van der Waals surface area contributed by atoms with Gasteiger partial charge in [0.25, 0.3) is 5.91 Å². The van der Waals surface area contributed by atoms with Gasteiger partial charge in [-0.25, -0.2) is 4.98 Å². The van der Waals surface area contributed by atoms with Crippen LogP contribution in [0.5, 0.6) is 0 Å². The number of carbonyl (C=O) groups is 1. The molecule has 1 aromatic rings. The van der Waals surface area contributed by atoms with Gasteiger partial charge in [0.15, 0.2) is 0 Å². The fourth-order valence-corrected chi connectivity index (χ4v) is 2.08. The number of nitrogens with zero attached hydrogens (tertiary/aromatic N) is 3. The van der Waals surface area contributed by atoms with Gasteiger partial charge in [-0.2, -0.15) is 0 Å². The topological polar surface area (TPSA) is 82.1 Å². The Bertz CT molecular complexity index is 413. The molecule has 0 aromatic carbocycles. The summed E-state index contributed by atoms with van der Waals surface area (Å²) < 4.78 is 0. The van der Waals surface area contributed by atoms with Crippen molar-refractivity contribution in [1.29, 1.82) is 0 Å². The van der Waals surface area contributed by atoms with E-state index in [2.05, 4.69) is 15.2 Å². The van der Waals surface area contributed by atoms with Gasteiger partial charge in [-0.1, -0.05) is 6.92 Å². The normalized spacial score (nSPS) is 25.0. The first-order valence-corrected chi connectivity index (χ1v) is 5.95. The van der Waals surface area contributed by atoms with Gasteiger partial charge in [0.2, 0.25) is 5.82 Å². The average molecular weight is 238 g/mol. The summed E-state index contributed by atoms with van der Waals surface area (Å²) in [5.41, 5.74) is -0.794. The van der Waals surface area contributed by atoms with Crippen molar-refractivity contribution in [3.05, 3.63) is 11.6 Å². The average Bonchev–Trinajstić information content (AvgIpc) is 2.75. The summed E-state index contributed by atoms with van der Waals surface area (Å²) in [7, 11) is 0. The molecule has 1 amide bonds. The maximum Gasteiger partial charge on any atom is 0.293 e. The molecule has 17 heavy (non-hydrogen) atoms. The Balaban J connectivity index is 2.09. The van der Waals surface area contributed by atoms with Crippen molar-refractivity contribution < 1.29 is 9.90 Å². The quantitative estimate of drug-likeness (QED) is 0.779. The molecule has 1 unspecified atom stereocenters. The summed E-state index contributed by atoms with van der Waals surface area (Å²) in [5.74, 6) is 0.692. The minimum absolute atomic E-state index is 0.194. The number of β-amino-alcohol motifs (C(OH)–C–C–N with tert-alkyl or cyclic N) is 1. The van der Waals surface area contributed by atoms with Crippen LogP contribution in [0.3, 0.4) is 0 Å². The van der Waals surface area contributed by atoms with Crippen LogP contribution in [0.4, 0.5) is 0 Å². The van der Waals surface area contributed by atoms with Crippen LogP contribution in [0.1, 0.15) is 43.1 Å². The van der Waals surface area contributed by atoms with Crippen molar-refractivity contribution in [1.82, 2.24) is 20.1 Å². The van der Waals surface area contributed by atoms with Crippen LogP contribution in [0.25, 0.3) is 0 Å². The van der Waals surface area contributed by atoms with Gasteiger partial charge in [-0.15, -0.1) is 5.10 Å². The second-order valence-corrected chi connectivity index (χ2v) is 4.79. The number of piperidine rings is 1.